The molecule has 2 aliphatic heterocycles. The minimum Gasteiger partial charge on any atom is -0.353 e. The Balaban J connectivity index is 1.93. The monoisotopic (exact) mass is 275 g/mol. The molecule has 1 aromatic rings. The van der Waals surface area contributed by atoms with Crippen LogP contribution in [0.5, 0.6) is 0 Å². The average Bonchev–Trinajstić information content (AvgIpc) is 2.93. The summed E-state index contributed by atoms with van der Waals surface area (Å²) in [5.74, 6) is 0.869. The second kappa shape index (κ2) is 4.73. The van der Waals surface area contributed by atoms with Crippen LogP contribution < -0.4 is 10.0 Å². The van der Waals surface area contributed by atoms with Crippen LogP contribution in [0.3, 0.4) is 0 Å². The van der Waals surface area contributed by atoms with E-state index in [2.05, 4.69) is 64.7 Å². The number of aromatic nitrogens is 4. The van der Waals surface area contributed by atoms with Crippen molar-refractivity contribution in [3.05, 3.63) is 0 Å². The summed E-state index contributed by atoms with van der Waals surface area (Å²) in [6, 6.07) is 0. The van der Waals surface area contributed by atoms with E-state index in [1.165, 1.54) is 12.8 Å². The second-order valence-electron chi connectivity index (χ2n) is 6.42. The molecule has 0 saturated carbocycles. The van der Waals surface area contributed by atoms with Gasteiger partial charge >= 0.3 is 6.98 Å². The van der Waals surface area contributed by atoms with Crippen molar-refractivity contribution in [1.29, 1.82) is 0 Å². The molecule has 1 aromatic heterocycles. The summed E-state index contributed by atoms with van der Waals surface area (Å²) >= 11 is 0. The molecular formula is C11H23B2N7. The Bertz CT molecular complexity index is 491. The topological polar surface area (TPSA) is 62.1 Å². The van der Waals surface area contributed by atoms with Crippen LogP contribution in [-0.4, -0.2) is 51.6 Å². The van der Waals surface area contributed by atoms with Crippen LogP contribution in [0, 0.1) is 0 Å². The van der Waals surface area contributed by atoms with Crippen LogP contribution >= 0.6 is 0 Å². The first-order chi connectivity index (χ1) is 9.48. The molecule has 108 valence electrons. The molecule has 2 aliphatic rings. The number of hydrogen-bond donors (Lipinski definition) is 1. The first-order valence-corrected chi connectivity index (χ1v) is 7.57. The van der Waals surface area contributed by atoms with Gasteiger partial charge in [0.05, 0.1) is 11.7 Å². The molecule has 3 heterocycles. The van der Waals surface area contributed by atoms with E-state index in [-0.39, 0.29) is 11.7 Å². The van der Waals surface area contributed by atoms with Crippen LogP contribution in [0.4, 0.5) is 5.95 Å². The van der Waals surface area contributed by atoms with Crippen LogP contribution in [-0.2, 0) is 5.54 Å². The lowest BCUT2D eigenvalue weighted by atomic mass is 9.57. The Hall–Kier alpha value is -1.08. The van der Waals surface area contributed by atoms with E-state index in [9.17, 15) is 0 Å². The maximum absolute atomic E-state index is 4.23. The van der Waals surface area contributed by atoms with Crippen molar-refractivity contribution in [3.8, 4) is 0 Å². The molecule has 0 amide bonds. The van der Waals surface area contributed by atoms with Crippen molar-refractivity contribution >= 4 is 19.9 Å². The summed E-state index contributed by atoms with van der Waals surface area (Å²) in [5, 5.41) is 16.0. The number of anilines is 1. The van der Waals surface area contributed by atoms with Gasteiger partial charge in [0.25, 0.3) is 6.98 Å². The maximum Gasteiger partial charge on any atom is 0.333 e. The van der Waals surface area contributed by atoms with E-state index >= 15 is 0 Å². The normalized spacial score (nSPS) is 25.1. The van der Waals surface area contributed by atoms with Crippen molar-refractivity contribution in [2.75, 3.05) is 11.4 Å². The van der Waals surface area contributed by atoms with Gasteiger partial charge in [-0.2, -0.15) is 0 Å². The van der Waals surface area contributed by atoms with Crippen molar-refractivity contribution in [2.45, 2.75) is 59.0 Å². The Morgan fingerprint density at radius 1 is 1.35 bits per heavy atom. The Labute approximate surface area is 121 Å². The third kappa shape index (κ3) is 1.79. The van der Waals surface area contributed by atoms with Crippen LogP contribution in [0.2, 0.25) is 13.6 Å². The molecular weight excluding hydrogens is 252 g/mol. The lowest BCUT2D eigenvalue weighted by Crippen LogP contribution is -2.75. The molecule has 1 saturated heterocycles. The molecule has 3 rings (SSSR count). The first-order valence-electron chi connectivity index (χ1n) is 7.57. The number of fused-ring (bicyclic) bond motifs is 3. The Morgan fingerprint density at radius 3 is 2.80 bits per heavy atom. The van der Waals surface area contributed by atoms with Crippen LogP contribution in [0.15, 0.2) is 0 Å². The number of rotatable bonds is 3. The van der Waals surface area contributed by atoms with Crippen molar-refractivity contribution in [1.82, 2.24) is 30.2 Å². The fourth-order valence-electron chi connectivity index (χ4n) is 3.48. The summed E-state index contributed by atoms with van der Waals surface area (Å²) in [4.78, 5) is 2.32. The molecule has 0 aliphatic carbocycles. The number of tetrazole rings is 1. The molecule has 1 unspecified atom stereocenters. The van der Waals surface area contributed by atoms with Gasteiger partial charge in [0.2, 0.25) is 5.95 Å². The minimum atomic E-state index is -0.141. The molecule has 0 radical (unpaired) electrons. The van der Waals surface area contributed by atoms with Gasteiger partial charge in [-0.3, -0.25) is 0 Å². The zero-order valence-electron chi connectivity index (χ0n) is 13.0. The lowest BCUT2D eigenvalue weighted by Gasteiger charge is -2.48. The zero-order valence-corrected chi connectivity index (χ0v) is 13.0. The van der Waals surface area contributed by atoms with Gasteiger partial charge in [-0.05, 0) is 37.2 Å². The van der Waals surface area contributed by atoms with E-state index in [1.807, 2.05) is 4.68 Å². The van der Waals surface area contributed by atoms with Gasteiger partial charge in [0, 0.05) is 0 Å². The van der Waals surface area contributed by atoms with E-state index in [4.69, 9.17) is 0 Å². The molecule has 1 N–H and O–H groups in total. The molecule has 1 atom stereocenters. The van der Waals surface area contributed by atoms with E-state index < -0.39 is 0 Å². The smallest absolute Gasteiger partial charge is 0.333 e. The third-order valence-corrected chi connectivity index (χ3v) is 4.73. The van der Waals surface area contributed by atoms with E-state index in [0.29, 0.717) is 14.0 Å². The second-order valence-corrected chi connectivity index (χ2v) is 6.42. The highest BCUT2D eigenvalue weighted by atomic mass is 15.7. The molecule has 9 heteroatoms. The Morgan fingerprint density at radius 2 is 2.10 bits per heavy atom. The highest BCUT2D eigenvalue weighted by Crippen LogP contribution is 2.38. The van der Waals surface area contributed by atoms with Gasteiger partial charge in [-0.15, -0.1) is 0 Å². The lowest BCUT2D eigenvalue weighted by molar-refractivity contribution is 0.274. The van der Waals surface area contributed by atoms with Gasteiger partial charge in [-0.1, -0.05) is 32.1 Å². The quantitative estimate of drug-likeness (QED) is 0.810. The van der Waals surface area contributed by atoms with Crippen molar-refractivity contribution < 1.29 is 0 Å². The summed E-state index contributed by atoms with van der Waals surface area (Å²) < 4.78 is 4.43. The highest BCUT2D eigenvalue weighted by Gasteiger charge is 2.54. The molecule has 1 fully saturated rings. The van der Waals surface area contributed by atoms with Gasteiger partial charge in [0.15, 0.2) is 0 Å². The fourth-order valence-corrected chi connectivity index (χ4v) is 3.48. The maximum atomic E-state index is 4.23. The standard InChI is InChI=1S/C11H23B2N7/c1-6-7-8-18-12(4)14-9-11(2,3)20-10(15-16-17-20)19(9)13(18)5/h9,14H,6-8H2,1-5H3. The fraction of sp³-hybridized carbons (Fsp3) is 0.909. The van der Waals surface area contributed by atoms with Crippen molar-refractivity contribution in [3.63, 3.8) is 0 Å². The zero-order chi connectivity index (χ0) is 14.5. The van der Waals surface area contributed by atoms with Crippen molar-refractivity contribution in [2.24, 2.45) is 0 Å². The van der Waals surface area contributed by atoms with E-state index in [1.54, 1.807) is 0 Å². The number of unbranched alkanes of at least 4 members (excludes halogenated alkanes) is 1. The predicted octanol–water partition coefficient (Wildman–Crippen LogP) is 0.496. The van der Waals surface area contributed by atoms with Crippen LogP contribution in [0.25, 0.3) is 0 Å². The summed E-state index contributed by atoms with van der Waals surface area (Å²) in [6.07, 6.45) is 2.63. The minimum absolute atomic E-state index is 0.141. The number of nitrogens with zero attached hydrogens (tertiary/aromatic N) is 6. The van der Waals surface area contributed by atoms with Crippen LogP contribution in [0.1, 0.15) is 33.6 Å². The summed E-state index contributed by atoms with van der Waals surface area (Å²) in [7, 11) is 0. The number of hydrogen-bond acceptors (Lipinski definition) is 6. The Kier molecular flexibility index (Phi) is 3.29. The largest absolute Gasteiger partial charge is 0.353 e. The third-order valence-electron chi connectivity index (χ3n) is 4.73. The van der Waals surface area contributed by atoms with E-state index in [0.717, 1.165) is 12.5 Å². The predicted molar refractivity (Wildman–Crippen MR) is 81.4 cm³/mol. The highest BCUT2D eigenvalue weighted by molar-refractivity contribution is 6.74. The SMILES string of the molecule is CCCCN1B(C)NC2N(B1C)c1nnnn1C2(C)C. The summed E-state index contributed by atoms with van der Waals surface area (Å²) in [5.41, 5.74) is -0.141. The van der Waals surface area contributed by atoms with Gasteiger partial charge in [-0.25, -0.2) is 4.68 Å². The van der Waals surface area contributed by atoms with Gasteiger partial charge in [0.1, 0.15) is 0 Å². The molecule has 0 aromatic carbocycles. The summed E-state index contributed by atoms with van der Waals surface area (Å²) in [6.45, 7) is 12.8. The molecule has 7 nitrogen and oxygen atoms in total. The molecule has 20 heavy (non-hydrogen) atoms. The number of nitrogens with one attached hydrogen (secondary N) is 1. The van der Waals surface area contributed by atoms with Gasteiger partial charge < -0.3 is 14.8 Å². The molecule has 0 bridgehead atoms. The molecule has 0 spiro atoms. The first kappa shape index (κ1) is 13.9. The average molecular weight is 275 g/mol.